The molecule has 1 spiro atoms. The number of nitrogens with zero attached hydrogens (tertiary/aromatic N) is 2. The van der Waals surface area contributed by atoms with E-state index in [9.17, 15) is 4.79 Å². The summed E-state index contributed by atoms with van der Waals surface area (Å²) in [4.78, 5) is 18.3. The molecule has 0 radical (unpaired) electrons. The molecule has 0 aromatic carbocycles. The van der Waals surface area contributed by atoms with Gasteiger partial charge >= 0.3 is 0 Å². The molecule has 6 heteroatoms. The molecule has 1 aromatic rings. The van der Waals surface area contributed by atoms with Gasteiger partial charge in [-0.05, 0) is 44.7 Å². The predicted octanol–water partition coefficient (Wildman–Crippen LogP) is 1.95. The predicted molar refractivity (Wildman–Crippen MR) is 93.1 cm³/mol. The Morgan fingerprint density at radius 1 is 1.40 bits per heavy atom. The van der Waals surface area contributed by atoms with Gasteiger partial charge in [0.15, 0.2) is 0 Å². The number of pyridine rings is 1. The van der Waals surface area contributed by atoms with Crippen molar-refractivity contribution in [3.05, 3.63) is 29.6 Å². The van der Waals surface area contributed by atoms with Crippen molar-refractivity contribution in [1.29, 1.82) is 0 Å². The summed E-state index contributed by atoms with van der Waals surface area (Å²) in [6.07, 6.45) is 2.00. The van der Waals surface area contributed by atoms with Crippen molar-refractivity contribution in [2.45, 2.75) is 38.9 Å². The SMILES string of the molecule is CCOCC(=O)N1CC2(C1)OCC[C@H]2CCOCc1cccc(C)n1. The number of aromatic nitrogens is 1. The Balaban J connectivity index is 1.40. The molecular formula is C19H28N2O4. The molecule has 0 N–H and O–H groups in total. The molecule has 2 fully saturated rings. The van der Waals surface area contributed by atoms with Gasteiger partial charge in [-0.15, -0.1) is 0 Å². The quantitative estimate of drug-likeness (QED) is 0.672. The minimum atomic E-state index is -0.160. The van der Waals surface area contributed by atoms with E-state index >= 15 is 0 Å². The zero-order chi connectivity index (χ0) is 17.7. The highest BCUT2D eigenvalue weighted by atomic mass is 16.5. The highest BCUT2D eigenvalue weighted by molar-refractivity contribution is 5.78. The zero-order valence-corrected chi connectivity index (χ0v) is 15.2. The molecule has 1 aromatic heterocycles. The Bertz CT molecular complexity index is 587. The van der Waals surface area contributed by atoms with Crippen LogP contribution < -0.4 is 0 Å². The van der Waals surface area contributed by atoms with E-state index in [4.69, 9.17) is 14.2 Å². The summed E-state index contributed by atoms with van der Waals surface area (Å²) in [5.41, 5.74) is 1.82. The van der Waals surface area contributed by atoms with Crippen LogP contribution in [0.25, 0.3) is 0 Å². The van der Waals surface area contributed by atoms with Gasteiger partial charge in [0, 0.05) is 25.5 Å². The highest BCUT2D eigenvalue weighted by Crippen LogP contribution is 2.41. The molecule has 2 saturated heterocycles. The third-order valence-electron chi connectivity index (χ3n) is 5.11. The average molecular weight is 348 g/mol. The van der Waals surface area contributed by atoms with Crippen molar-refractivity contribution < 1.29 is 19.0 Å². The molecule has 138 valence electrons. The van der Waals surface area contributed by atoms with Gasteiger partial charge in [-0.25, -0.2) is 0 Å². The molecule has 2 aliphatic rings. The largest absolute Gasteiger partial charge is 0.375 e. The number of hydrogen-bond donors (Lipinski definition) is 0. The first-order chi connectivity index (χ1) is 12.1. The summed E-state index contributed by atoms with van der Waals surface area (Å²) in [6.45, 7) is 8.00. The molecule has 2 aliphatic heterocycles. The summed E-state index contributed by atoms with van der Waals surface area (Å²) >= 11 is 0. The van der Waals surface area contributed by atoms with Crippen LogP contribution in [0.1, 0.15) is 31.2 Å². The van der Waals surface area contributed by atoms with E-state index < -0.39 is 0 Å². The molecule has 1 amide bonds. The number of amides is 1. The van der Waals surface area contributed by atoms with Gasteiger partial charge in [-0.1, -0.05) is 6.07 Å². The van der Waals surface area contributed by atoms with E-state index in [2.05, 4.69) is 4.98 Å². The van der Waals surface area contributed by atoms with Gasteiger partial charge < -0.3 is 19.1 Å². The second kappa shape index (κ2) is 8.25. The maximum Gasteiger partial charge on any atom is 0.248 e. The average Bonchev–Trinajstić information content (AvgIpc) is 2.99. The monoisotopic (exact) mass is 348 g/mol. The number of ether oxygens (including phenoxy) is 3. The fourth-order valence-electron chi connectivity index (χ4n) is 3.68. The molecule has 0 unspecified atom stereocenters. The molecule has 25 heavy (non-hydrogen) atoms. The Morgan fingerprint density at radius 3 is 3.00 bits per heavy atom. The zero-order valence-electron chi connectivity index (χ0n) is 15.2. The van der Waals surface area contributed by atoms with Crippen molar-refractivity contribution in [1.82, 2.24) is 9.88 Å². The van der Waals surface area contributed by atoms with Gasteiger partial charge in [0.1, 0.15) is 12.2 Å². The maximum atomic E-state index is 12.0. The molecule has 3 rings (SSSR count). The first-order valence-electron chi connectivity index (χ1n) is 9.13. The summed E-state index contributed by atoms with van der Waals surface area (Å²) in [6, 6.07) is 5.97. The molecule has 0 aliphatic carbocycles. The van der Waals surface area contributed by atoms with Crippen LogP contribution in [-0.2, 0) is 25.6 Å². The first-order valence-corrected chi connectivity index (χ1v) is 9.13. The third kappa shape index (κ3) is 4.37. The molecule has 3 heterocycles. The number of likely N-dealkylation sites (tertiary alicyclic amines) is 1. The number of aryl methyl sites for hydroxylation is 1. The minimum Gasteiger partial charge on any atom is -0.375 e. The van der Waals surface area contributed by atoms with Crippen molar-refractivity contribution in [2.24, 2.45) is 5.92 Å². The lowest BCUT2D eigenvalue weighted by Gasteiger charge is -2.50. The minimum absolute atomic E-state index is 0.0588. The second-order valence-corrected chi connectivity index (χ2v) is 6.90. The van der Waals surface area contributed by atoms with E-state index in [-0.39, 0.29) is 18.1 Å². The van der Waals surface area contributed by atoms with E-state index in [0.29, 0.717) is 38.8 Å². The van der Waals surface area contributed by atoms with Crippen LogP contribution in [0, 0.1) is 12.8 Å². The second-order valence-electron chi connectivity index (χ2n) is 6.90. The topological polar surface area (TPSA) is 60.9 Å². The van der Waals surface area contributed by atoms with E-state index in [1.54, 1.807) is 0 Å². The highest BCUT2D eigenvalue weighted by Gasteiger charge is 2.53. The number of carbonyl (C=O) groups excluding carboxylic acids is 1. The van der Waals surface area contributed by atoms with E-state index in [0.717, 1.165) is 30.8 Å². The molecule has 6 nitrogen and oxygen atoms in total. The normalized spacial score (nSPS) is 21.5. The van der Waals surface area contributed by atoms with Crippen LogP contribution in [0.15, 0.2) is 18.2 Å². The number of carbonyl (C=O) groups is 1. The standard InChI is InChI=1S/C19H28N2O4/c1-3-23-12-18(22)21-13-19(14-21)16(8-10-25-19)7-9-24-11-17-6-4-5-15(2)20-17/h4-6,16H,3,7-14H2,1-2H3/t16-/m1/s1. The van der Waals surface area contributed by atoms with E-state index in [1.165, 1.54) is 0 Å². The first kappa shape index (κ1) is 18.3. The van der Waals surface area contributed by atoms with Crippen LogP contribution in [0.5, 0.6) is 0 Å². The lowest BCUT2D eigenvalue weighted by atomic mass is 9.79. The fourth-order valence-corrected chi connectivity index (χ4v) is 3.68. The molecule has 1 atom stereocenters. The third-order valence-corrected chi connectivity index (χ3v) is 5.11. The maximum absolute atomic E-state index is 12.0. The van der Waals surface area contributed by atoms with Gasteiger partial charge in [0.2, 0.25) is 5.91 Å². The van der Waals surface area contributed by atoms with Crippen LogP contribution in [0.3, 0.4) is 0 Å². The van der Waals surface area contributed by atoms with Crippen LogP contribution in [0.4, 0.5) is 0 Å². The van der Waals surface area contributed by atoms with Crippen molar-refractivity contribution >= 4 is 5.91 Å². The lowest BCUT2D eigenvalue weighted by Crippen LogP contribution is -2.66. The number of rotatable bonds is 8. The van der Waals surface area contributed by atoms with Gasteiger partial charge in [0.25, 0.3) is 0 Å². The molecule has 0 bridgehead atoms. The summed E-state index contributed by atoms with van der Waals surface area (Å²) in [5.74, 6) is 0.512. The fraction of sp³-hybridized carbons (Fsp3) is 0.684. The lowest BCUT2D eigenvalue weighted by molar-refractivity contribution is -0.169. The Kier molecular flexibility index (Phi) is 6.04. The van der Waals surface area contributed by atoms with Crippen molar-refractivity contribution in [3.8, 4) is 0 Å². The number of hydrogen-bond acceptors (Lipinski definition) is 5. The van der Waals surface area contributed by atoms with Gasteiger partial charge in [-0.2, -0.15) is 0 Å². The van der Waals surface area contributed by atoms with Crippen LogP contribution >= 0.6 is 0 Å². The summed E-state index contributed by atoms with van der Waals surface area (Å²) < 4.78 is 17.0. The Hall–Kier alpha value is -1.50. The summed E-state index contributed by atoms with van der Waals surface area (Å²) in [5, 5.41) is 0. The smallest absolute Gasteiger partial charge is 0.248 e. The van der Waals surface area contributed by atoms with Crippen LogP contribution in [0.2, 0.25) is 0 Å². The van der Waals surface area contributed by atoms with Gasteiger partial charge in [-0.3, -0.25) is 9.78 Å². The van der Waals surface area contributed by atoms with E-state index in [1.807, 2.05) is 36.9 Å². The molecule has 0 saturated carbocycles. The Labute approximate surface area is 149 Å². The Morgan fingerprint density at radius 2 is 2.24 bits per heavy atom. The van der Waals surface area contributed by atoms with Crippen molar-refractivity contribution in [3.63, 3.8) is 0 Å². The van der Waals surface area contributed by atoms with Crippen molar-refractivity contribution in [2.75, 3.05) is 39.5 Å². The van der Waals surface area contributed by atoms with Crippen LogP contribution in [-0.4, -0.2) is 60.9 Å². The molecular weight excluding hydrogens is 320 g/mol. The summed E-state index contributed by atoms with van der Waals surface area (Å²) in [7, 11) is 0. The van der Waals surface area contributed by atoms with Gasteiger partial charge in [0.05, 0.1) is 25.4 Å².